The second-order valence-electron chi connectivity index (χ2n) is 6.79. The lowest BCUT2D eigenvalue weighted by Crippen LogP contribution is -2.46. The number of methoxy groups -OCH3 is 1. The Morgan fingerprint density at radius 1 is 1.50 bits per heavy atom. The zero-order valence-electron chi connectivity index (χ0n) is 15.2. The first-order valence-corrected chi connectivity index (χ1v) is 9.71. The van der Waals surface area contributed by atoms with Gasteiger partial charge in [-0.3, -0.25) is 0 Å². The minimum Gasteiger partial charge on any atom is -0.383 e. The SMILES string of the molecule is COCCN1CCC(CN(C)C(=O)N[C@H](C)Cc2cccs2)CC1. The minimum absolute atomic E-state index is 0.0425. The van der Waals surface area contributed by atoms with E-state index in [9.17, 15) is 4.79 Å². The second-order valence-corrected chi connectivity index (χ2v) is 7.82. The standard InChI is InChI=1S/C18H31N3O2S/c1-15(13-17-5-4-12-24-17)19-18(22)20(2)14-16-6-8-21(9-7-16)10-11-23-3/h4-5,12,15-16H,6-11,13-14H2,1-3H3,(H,19,22)/t15-/m1/s1. The summed E-state index contributed by atoms with van der Waals surface area (Å²) in [7, 11) is 3.66. The largest absolute Gasteiger partial charge is 0.383 e. The molecule has 0 bridgehead atoms. The van der Waals surface area contributed by atoms with Gasteiger partial charge in [0.05, 0.1) is 6.61 Å². The van der Waals surface area contributed by atoms with Crippen LogP contribution in [0.4, 0.5) is 4.79 Å². The van der Waals surface area contributed by atoms with Crippen LogP contribution in [0.15, 0.2) is 17.5 Å². The summed E-state index contributed by atoms with van der Waals surface area (Å²) < 4.78 is 5.14. The average molecular weight is 354 g/mol. The van der Waals surface area contributed by atoms with E-state index in [1.165, 1.54) is 4.88 Å². The summed E-state index contributed by atoms with van der Waals surface area (Å²) in [6.07, 6.45) is 3.22. The van der Waals surface area contributed by atoms with E-state index >= 15 is 0 Å². The lowest BCUT2D eigenvalue weighted by Gasteiger charge is -2.34. The molecule has 24 heavy (non-hydrogen) atoms. The molecule has 0 unspecified atom stereocenters. The highest BCUT2D eigenvalue weighted by Gasteiger charge is 2.22. The van der Waals surface area contributed by atoms with Crippen molar-refractivity contribution in [1.82, 2.24) is 15.1 Å². The maximum Gasteiger partial charge on any atom is 0.317 e. The van der Waals surface area contributed by atoms with Crippen LogP contribution in [0.3, 0.4) is 0 Å². The number of carbonyl (C=O) groups excluding carboxylic acids is 1. The third-order valence-corrected chi connectivity index (χ3v) is 5.55. The highest BCUT2D eigenvalue weighted by molar-refractivity contribution is 7.09. The molecule has 1 aliphatic rings. The fourth-order valence-corrected chi connectivity index (χ4v) is 4.02. The first-order chi connectivity index (χ1) is 11.6. The summed E-state index contributed by atoms with van der Waals surface area (Å²) in [4.78, 5) is 18.0. The third kappa shape index (κ3) is 6.42. The van der Waals surface area contributed by atoms with Crippen LogP contribution >= 0.6 is 11.3 Å². The van der Waals surface area contributed by atoms with Gasteiger partial charge in [-0.05, 0) is 50.2 Å². The molecule has 6 heteroatoms. The smallest absolute Gasteiger partial charge is 0.317 e. The van der Waals surface area contributed by atoms with Gasteiger partial charge in [-0.25, -0.2) is 4.79 Å². The van der Waals surface area contributed by atoms with Gasteiger partial charge in [0, 0.05) is 44.6 Å². The monoisotopic (exact) mass is 353 g/mol. The maximum atomic E-state index is 12.4. The van der Waals surface area contributed by atoms with Gasteiger partial charge < -0.3 is 19.9 Å². The molecule has 1 atom stereocenters. The Kier molecular flexibility index (Phi) is 8.02. The van der Waals surface area contributed by atoms with Crippen molar-refractivity contribution in [3.8, 4) is 0 Å². The fraction of sp³-hybridized carbons (Fsp3) is 0.722. The molecule has 2 heterocycles. The summed E-state index contributed by atoms with van der Waals surface area (Å²) >= 11 is 1.74. The van der Waals surface area contributed by atoms with Crippen LogP contribution in [0.5, 0.6) is 0 Å². The molecule has 1 saturated heterocycles. The molecule has 0 spiro atoms. The Balaban J connectivity index is 1.66. The lowest BCUT2D eigenvalue weighted by atomic mass is 9.96. The normalized spacial score (nSPS) is 17.6. The highest BCUT2D eigenvalue weighted by Crippen LogP contribution is 2.18. The molecule has 1 fully saturated rings. The van der Waals surface area contributed by atoms with E-state index in [0.29, 0.717) is 5.92 Å². The lowest BCUT2D eigenvalue weighted by molar-refractivity contribution is 0.112. The molecule has 0 radical (unpaired) electrons. The number of hydrogen-bond donors (Lipinski definition) is 1. The fourth-order valence-electron chi connectivity index (χ4n) is 3.19. The van der Waals surface area contributed by atoms with E-state index in [1.807, 2.05) is 11.9 Å². The van der Waals surface area contributed by atoms with Crippen LogP contribution in [-0.4, -0.2) is 68.8 Å². The topological polar surface area (TPSA) is 44.8 Å². The van der Waals surface area contributed by atoms with Crippen LogP contribution in [0.1, 0.15) is 24.6 Å². The summed E-state index contributed by atoms with van der Waals surface area (Å²) in [6, 6.07) is 4.38. The number of nitrogens with zero attached hydrogens (tertiary/aromatic N) is 2. The molecule has 1 N–H and O–H groups in total. The van der Waals surface area contributed by atoms with Crippen molar-refractivity contribution in [3.05, 3.63) is 22.4 Å². The van der Waals surface area contributed by atoms with Crippen LogP contribution in [0.25, 0.3) is 0 Å². The van der Waals surface area contributed by atoms with E-state index < -0.39 is 0 Å². The Labute approximate surface area is 150 Å². The van der Waals surface area contributed by atoms with Gasteiger partial charge in [0.15, 0.2) is 0 Å². The summed E-state index contributed by atoms with van der Waals surface area (Å²) in [5.74, 6) is 0.604. The number of hydrogen-bond acceptors (Lipinski definition) is 4. The van der Waals surface area contributed by atoms with Crippen molar-refractivity contribution in [2.24, 2.45) is 5.92 Å². The Bertz CT molecular complexity index is 473. The van der Waals surface area contributed by atoms with Gasteiger partial charge in [-0.1, -0.05) is 6.07 Å². The number of likely N-dealkylation sites (tertiary alicyclic amines) is 1. The Morgan fingerprint density at radius 2 is 2.25 bits per heavy atom. The van der Waals surface area contributed by atoms with Crippen molar-refractivity contribution in [2.45, 2.75) is 32.2 Å². The third-order valence-electron chi connectivity index (χ3n) is 4.65. The molecular weight excluding hydrogens is 322 g/mol. The van der Waals surface area contributed by atoms with Crippen LogP contribution < -0.4 is 5.32 Å². The van der Waals surface area contributed by atoms with Crippen molar-refractivity contribution >= 4 is 17.4 Å². The van der Waals surface area contributed by atoms with Crippen LogP contribution in [0, 0.1) is 5.92 Å². The van der Waals surface area contributed by atoms with E-state index in [2.05, 4.69) is 34.7 Å². The maximum absolute atomic E-state index is 12.4. The number of piperidine rings is 1. The molecule has 1 aromatic rings. The zero-order valence-corrected chi connectivity index (χ0v) is 16.0. The average Bonchev–Trinajstić information content (AvgIpc) is 3.06. The van der Waals surface area contributed by atoms with E-state index in [1.54, 1.807) is 18.4 Å². The molecule has 0 saturated carbocycles. The van der Waals surface area contributed by atoms with Crippen molar-refractivity contribution in [2.75, 3.05) is 46.9 Å². The quantitative estimate of drug-likeness (QED) is 0.781. The predicted octanol–water partition coefficient (Wildman–Crippen LogP) is 2.68. The Morgan fingerprint density at radius 3 is 2.88 bits per heavy atom. The van der Waals surface area contributed by atoms with Crippen molar-refractivity contribution in [3.63, 3.8) is 0 Å². The predicted molar refractivity (Wildman–Crippen MR) is 99.7 cm³/mol. The summed E-state index contributed by atoms with van der Waals surface area (Å²) in [5, 5.41) is 5.19. The summed E-state index contributed by atoms with van der Waals surface area (Å²) in [5.41, 5.74) is 0. The second kappa shape index (κ2) is 10.0. The number of thiophene rings is 1. The number of carbonyl (C=O) groups is 1. The van der Waals surface area contributed by atoms with Gasteiger partial charge in [0.2, 0.25) is 0 Å². The van der Waals surface area contributed by atoms with Crippen LogP contribution in [0.2, 0.25) is 0 Å². The Hall–Kier alpha value is -1.11. The first kappa shape index (κ1) is 19.2. The van der Waals surface area contributed by atoms with E-state index in [4.69, 9.17) is 4.74 Å². The minimum atomic E-state index is 0.0425. The summed E-state index contributed by atoms with van der Waals surface area (Å²) in [6.45, 7) is 6.95. The van der Waals surface area contributed by atoms with Gasteiger partial charge in [-0.15, -0.1) is 11.3 Å². The zero-order chi connectivity index (χ0) is 17.4. The van der Waals surface area contributed by atoms with Gasteiger partial charge in [0.1, 0.15) is 0 Å². The molecule has 5 nitrogen and oxygen atoms in total. The number of urea groups is 1. The molecule has 1 aromatic heterocycles. The molecule has 0 aliphatic carbocycles. The van der Waals surface area contributed by atoms with Crippen LogP contribution in [-0.2, 0) is 11.2 Å². The van der Waals surface area contributed by atoms with Gasteiger partial charge in [0.25, 0.3) is 0 Å². The number of nitrogens with one attached hydrogen (secondary N) is 1. The number of rotatable bonds is 8. The molecule has 1 aliphatic heterocycles. The number of amides is 2. The van der Waals surface area contributed by atoms with Gasteiger partial charge >= 0.3 is 6.03 Å². The molecular formula is C18H31N3O2S. The molecule has 0 aromatic carbocycles. The highest BCUT2D eigenvalue weighted by atomic mass is 32.1. The number of ether oxygens (including phenoxy) is 1. The van der Waals surface area contributed by atoms with E-state index in [0.717, 1.165) is 52.0 Å². The molecule has 2 amide bonds. The van der Waals surface area contributed by atoms with Crippen molar-refractivity contribution in [1.29, 1.82) is 0 Å². The molecule has 2 rings (SSSR count). The molecule has 136 valence electrons. The van der Waals surface area contributed by atoms with E-state index in [-0.39, 0.29) is 12.1 Å². The van der Waals surface area contributed by atoms with Crippen molar-refractivity contribution < 1.29 is 9.53 Å². The van der Waals surface area contributed by atoms with Gasteiger partial charge in [-0.2, -0.15) is 0 Å². The first-order valence-electron chi connectivity index (χ1n) is 8.83.